The van der Waals surface area contributed by atoms with Crippen molar-refractivity contribution >= 4 is 21.7 Å². The number of rotatable bonds is 8. The van der Waals surface area contributed by atoms with Crippen LogP contribution in [0.2, 0.25) is 0 Å². The molecule has 5 heteroatoms. The van der Waals surface area contributed by atoms with Crippen LogP contribution in [0.25, 0.3) is 106 Å². The van der Waals surface area contributed by atoms with Gasteiger partial charge in [-0.1, -0.05) is 200 Å². The molecule has 0 N–H and O–H groups in total. The van der Waals surface area contributed by atoms with Crippen molar-refractivity contribution in [2.24, 2.45) is 0 Å². The molecule has 11 rings (SSSR count). The second-order valence-corrected chi connectivity index (χ2v) is 15.1. The molecule has 9 aromatic carbocycles. The Hall–Kier alpha value is -8.28. The highest BCUT2D eigenvalue weighted by molar-refractivity contribution is 6.18. The van der Waals surface area contributed by atoms with Crippen molar-refractivity contribution < 1.29 is 0 Å². The van der Waals surface area contributed by atoms with Gasteiger partial charge in [-0.2, -0.15) is 5.10 Å². The molecule has 2 aromatic heterocycles. The fraction of sp³-hybridized carbons (Fsp3) is 0. The molecule has 0 aliphatic heterocycles. The summed E-state index contributed by atoms with van der Waals surface area (Å²) < 4.78 is 2.12. The second-order valence-electron chi connectivity index (χ2n) is 15.1. The molecule has 0 spiro atoms. The van der Waals surface area contributed by atoms with E-state index >= 15 is 0 Å². The number of benzene rings is 9. The molecular weight excluding hydrogens is 743 g/mol. The van der Waals surface area contributed by atoms with Gasteiger partial charge in [-0.05, 0) is 63.0 Å². The first-order valence-corrected chi connectivity index (χ1v) is 20.5. The molecule has 0 fully saturated rings. The van der Waals surface area contributed by atoms with E-state index in [4.69, 9.17) is 20.1 Å². The van der Waals surface area contributed by atoms with E-state index in [9.17, 15) is 0 Å². The van der Waals surface area contributed by atoms with E-state index in [0.29, 0.717) is 17.5 Å². The summed E-state index contributed by atoms with van der Waals surface area (Å²) in [6.45, 7) is 0. The van der Waals surface area contributed by atoms with Gasteiger partial charge in [0.2, 0.25) is 0 Å². The van der Waals surface area contributed by atoms with Crippen molar-refractivity contribution in [3.05, 3.63) is 224 Å². The van der Waals surface area contributed by atoms with Gasteiger partial charge in [0.05, 0.1) is 11.2 Å². The largest absolute Gasteiger partial charge is 0.232 e. The van der Waals surface area contributed by atoms with Crippen molar-refractivity contribution in [1.29, 1.82) is 0 Å². The number of hydrogen-bond acceptors (Lipinski definition) is 4. The van der Waals surface area contributed by atoms with E-state index in [-0.39, 0.29) is 0 Å². The first-order chi connectivity index (χ1) is 30.2. The highest BCUT2D eigenvalue weighted by Crippen LogP contribution is 2.44. The summed E-state index contributed by atoms with van der Waals surface area (Å²) in [6, 6.07) is 78.1. The quantitative estimate of drug-likeness (QED) is 0.154. The van der Waals surface area contributed by atoms with Crippen LogP contribution in [0.3, 0.4) is 0 Å². The second kappa shape index (κ2) is 15.5. The molecule has 0 aliphatic rings. The molecule has 61 heavy (non-hydrogen) atoms. The zero-order valence-corrected chi connectivity index (χ0v) is 33.1. The molecule has 0 radical (unpaired) electrons. The van der Waals surface area contributed by atoms with Crippen LogP contribution in [0.5, 0.6) is 0 Å². The monoisotopic (exact) mass is 779 g/mol. The standard InChI is InChI=1S/C56H37N5/c1-5-18-38(19-6-1)43-25-17-26-45(36-43)56-58-54(41-22-9-3-10-23-41)57-55(59-56)42-34-32-39(33-35-42)47-29-15-16-31-49(47)50-37-44-24-13-14-30-48(44)53-51(50)52(40-20-7-2-8-21-40)60-61(53)46-27-11-4-12-28-46/h1-37H. The highest BCUT2D eigenvalue weighted by atomic mass is 15.3. The Bertz CT molecular complexity index is 3330. The molecule has 0 amide bonds. The summed E-state index contributed by atoms with van der Waals surface area (Å²) in [4.78, 5) is 15.2. The van der Waals surface area contributed by atoms with E-state index in [0.717, 1.165) is 88.7 Å². The van der Waals surface area contributed by atoms with Gasteiger partial charge in [-0.25, -0.2) is 19.6 Å². The summed E-state index contributed by atoms with van der Waals surface area (Å²) in [7, 11) is 0. The topological polar surface area (TPSA) is 56.5 Å². The van der Waals surface area contributed by atoms with Crippen LogP contribution in [-0.2, 0) is 0 Å². The zero-order chi connectivity index (χ0) is 40.5. The minimum absolute atomic E-state index is 0.617. The summed E-state index contributed by atoms with van der Waals surface area (Å²) in [5.74, 6) is 1.87. The van der Waals surface area contributed by atoms with Crippen molar-refractivity contribution in [2.45, 2.75) is 0 Å². The van der Waals surface area contributed by atoms with Crippen molar-refractivity contribution in [3.8, 4) is 84.5 Å². The van der Waals surface area contributed by atoms with Gasteiger partial charge in [-0.15, -0.1) is 0 Å². The number of nitrogens with zero attached hydrogens (tertiary/aromatic N) is 5. The third-order valence-electron chi connectivity index (χ3n) is 11.3. The number of fused-ring (bicyclic) bond motifs is 3. The van der Waals surface area contributed by atoms with E-state index in [2.05, 4.69) is 187 Å². The summed E-state index contributed by atoms with van der Waals surface area (Å²) >= 11 is 0. The maximum atomic E-state index is 5.39. The third kappa shape index (κ3) is 6.74. The first-order valence-electron chi connectivity index (χ1n) is 20.5. The molecule has 2 heterocycles. The minimum atomic E-state index is 0.617. The number of para-hydroxylation sites is 1. The van der Waals surface area contributed by atoms with E-state index in [1.54, 1.807) is 0 Å². The van der Waals surface area contributed by atoms with Crippen LogP contribution in [0, 0.1) is 0 Å². The van der Waals surface area contributed by atoms with Crippen molar-refractivity contribution in [2.75, 3.05) is 0 Å². The Kier molecular flexibility index (Phi) is 9.10. The Labute approximate surface area is 354 Å². The fourth-order valence-electron chi connectivity index (χ4n) is 8.34. The van der Waals surface area contributed by atoms with Crippen LogP contribution < -0.4 is 0 Å². The predicted octanol–water partition coefficient (Wildman–Crippen LogP) is 14.0. The van der Waals surface area contributed by atoms with Gasteiger partial charge in [0, 0.05) is 33.0 Å². The lowest BCUT2D eigenvalue weighted by atomic mass is 9.89. The molecule has 0 saturated carbocycles. The molecule has 5 nitrogen and oxygen atoms in total. The first kappa shape index (κ1) is 35.8. The maximum absolute atomic E-state index is 5.39. The molecule has 0 saturated heterocycles. The third-order valence-corrected chi connectivity index (χ3v) is 11.3. The SMILES string of the molecule is c1ccc(-c2cccc(-c3nc(-c4ccccc4)nc(-c4ccc(-c5ccccc5-c5cc6ccccc6c6c5c(-c5ccccc5)nn6-c5ccccc5)cc4)n3)c2)cc1. The van der Waals surface area contributed by atoms with E-state index < -0.39 is 0 Å². The zero-order valence-electron chi connectivity index (χ0n) is 33.1. The Morgan fingerprint density at radius 3 is 1.49 bits per heavy atom. The van der Waals surface area contributed by atoms with Crippen molar-refractivity contribution in [1.82, 2.24) is 24.7 Å². The Morgan fingerprint density at radius 2 is 0.803 bits per heavy atom. The summed E-state index contributed by atoms with van der Waals surface area (Å²) in [6.07, 6.45) is 0. The van der Waals surface area contributed by atoms with E-state index in [1.165, 1.54) is 0 Å². The smallest absolute Gasteiger partial charge is 0.164 e. The summed E-state index contributed by atoms with van der Waals surface area (Å²) in [5.41, 5.74) is 13.6. The lowest BCUT2D eigenvalue weighted by molar-refractivity contribution is 0.918. The lowest BCUT2D eigenvalue weighted by Crippen LogP contribution is -2.00. The Balaban J connectivity index is 1.06. The van der Waals surface area contributed by atoms with E-state index in [1.807, 2.05) is 42.5 Å². The normalized spacial score (nSPS) is 11.3. The van der Waals surface area contributed by atoms with Crippen LogP contribution in [0.15, 0.2) is 224 Å². The lowest BCUT2D eigenvalue weighted by Gasteiger charge is -2.15. The van der Waals surface area contributed by atoms with Gasteiger partial charge in [0.15, 0.2) is 17.5 Å². The average molecular weight is 780 g/mol. The average Bonchev–Trinajstić information content (AvgIpc) is 3.76. The molecule has 11 aromatic rings. The fourth-order valence-corrected chi connectivity index (χ4v) is 8.34. The highest BCUT2D eigenvalue weighted by Gasteiger charge is 2.23. The van der Waals surface area contributed by atoms with Crippen molar-refractivity contribution in [3.63, 3.8) is 0 Å². The van der Waals surface area contributed by atoms with Gasteiger partial charge in [-0.3, -0.25) is 0 Å². The van der Waals surface area contributed by atoms with Gasteiger partial charge in [0.1, 0.15) is 5.69 Å². The summed E-state index contributed by atoms with van der Waals surface area (Å²) in [5, 5.41) is 8.81. The van der Waals surface area contributed by atoms with Crippen LogP contribution in [0.1, 0.15) is 0 Å². The molecule has 0 unspecified atom stereocenters. The minimum Gasteiger partial charge on any atom is -0.232 e. The van der Waals surface area contributed by atoms with Crippen LogP contribution >= 0.6 is 0 Å². The molecule has 0 aliphatic carbocycles. The number of hydrogen-bond donors (Lipinski definition) is 0. The predicted molar refractivity (Wildman–Crippen MR) is 250 cm³/mol. The van der Waals surface area contributed by atoms with Crippen LogP contribution in [-0.4, -0.2) is 24.7 Å². The van der Waals surface area contributed by atoms with Crippen LogP contribution in [0.4, 0.5) is 0 Å². The molecule has 0 atom stereocenters. The van der Waals surface area contributed by atoms with Gasteiger partial charge in [0.25, 0.3) is 0 Å². The molecular formula is C56H37N5. The molecule has 0 bridgehead atoms. The maximum Gasteiger partial charge on any atom is 0.164 e. The Morgan fingerprint density at radius 1 is 0.311 bits per heavy atom. The van der Waals surface area contributed by atoms with Gasteiger partial charge >= 0.3 is 0 Å². The van der Waals surface area contributed by atoms with Gasteiger partial charge < -0.3 is 0 Å². The molecule has 286 valence electrons. The number of aromatic nitrogens is 5.